The normalized spacial score (nSPS) is 11.7. The summed E-state index contributed by atoms with van der Waals surface area (Å²) >= 11 is 6.06. The summed E-state index contributed by atoms with van der Waals surface area (Å²) in [5.74, 6) is -0.354. The number of pyridine rings is 1. The number of aromatic nitrogens is 3. The Morgan fingerprint density at radius 2 is 1.83 bits per heavy atom. The molecule has 0 aliphatic carbocycles. The Hall–Kier alpha value is -2.52. The van der Waals surface area contributed by atoms with Gasteiger partial charge in [0.1, 0.15) is 11.4 Å². The van der Waals surface area contributed by atoms with Gasteiger partial charge >= 0.3 is 18.9 Å². The first kappa shape index (κ1) is 24.5. The topological polar surface area (TPSA) is 74.1 Å². The summed E-state index contributed by atoms with van der Waals surface area (Å²) < 4.78 is 70.8. The zero-order valence-electron chi connectivity index (χ0n) is 15.6. The smallest absolute Gasteiger partial charge is 0.394 e. The van der Waals surface area contributed by atoms with E-state index in [0.717, 1.165) is 19.9 Å². The van der Waals surface area contributed by atoms with Crippen LogP contribution < -0.4 is 4.74 Å². The van der Waals surface area contributed by atoms with Gasteiger partial charge in [-0.25, -0.2) is 0 Å². The molecule has 0 unspecified atom stereocenters. The SMILES string of the molecule is CCn1ncc(Cl)c1-c1ncc(CC(C)(C)C(F)(F)F)cc1OC(F)F.O=C=O. The molecule has 0 amide bonds. The zero-order chi connectivity index (χ0) is 22.4. The molecule has 0 N–H and O–H groups in total. The lowest BCUT2D eigenvalue weighted by Crippen LogP contribution is -2.34. The highest BCUT2D eigenvalue weighted by Crippen LogP contribution is 2.41. The van der Waals surface area contributed by atoms with E-state index in [2.05, 4.69) is 14.8 Å². The van der Waals surface area contributed by atoms with Crippen molar-refractivity contribution in [3.05, 3.63) is 29.0 Å². The van der Waals surface area contributed by atoms with Gasteiger partial charge < -0.3 is 4.74 Å². The summed E-state index contributed by atoms with van der Waals surface area (Å²) in [6.45, 7) is 1.04. The Labute approximate surface area is 167 Å². The predicted octanol–water partition coefficient (Wildman–Crippen LogP) is 4.77. The largest absolute Gasteiger partial charge is 0.432 e. The van der Waals surface area contributed by atoms with Gasteiger partial charge in [-0.1, -0.05) is 25.4 Å². The van der Waals surface area contributed by atoms with E-state index in [4.69, 9.17) is 21.2 Å². The molecular formula is C17H17ClF5N3O3. The van der Waals surface area contributed by atoms with Crippen molar-refractivity contribution < 1.29 is 36.3 Å². The van der Waals surface area contributed by atoms with E-state index in [1.54, 1.807) is 6.92 Å². The van der Waals surface area contributed by atoms with Crippen molar-refractivity contribution in [1.82, 2.24) is 14.8 Å². The molecule has 0 saturated heterocycles. The Balaban J connectivity index is 0.00000132. The number of nitrogens with zero attached hydrogens (tertiary/aromatic N) is 3. The standard InChI is InChI=1S/C16H17ClF5N3O.CO2/c1-4-25-13(10(17)8-24-25)12-11(26-14(18)19)5-9(7-23-12)6-15(2,3)16(20,21)22;2-1-3/h5,7-8,14H,4,6H2,1-3H3;. The van der Waals surface area contributed by atoms with Crippen molar-refractivity contribution in [2.45, 2.75) is 46.5 Å². The van der Waals surface area contributed by atoms with Gasteiger partial charge in [0.25, 0.3) is 0 Å². The van der Waals surface area contributed by atoms with E-state index in [0.29, 0.717) is 6.54 Å². The fraction of sp³-hybridized carbons (Fsp3) is 0.471. The van der Waals surface area contributed by atoms with E-state index in [-0.39, 0.29) is 33.9 Å². The zero-order valence-corrected chi connectivity index (χ0v) is 16.3. The van der Waals surface area contributed by atoms with E-state index in [9.17, 15) is 22.0 Å². The fourth-order valence-corrected chi connectivity index (χ4v) is 2.62. The first-order chi connectivity index (χ1) is 13.4. The molecule has 0 saturated carbocycles. The number of rotatable bonds is 6. The molecule has 6 nitrogen and oxygen atoms in total. The van der Waals surface area contributed by atoms with Gasteiger partial charge in [-0.15, -0.1) is 0 Å². The number of alkyl halides is 5. The van der Waals surface area contributed by atoms with Crippen LogP contribution in [0.25, 0.3) is 11.4 Å². The summed E-state index contributed by atoms with van der Waals surface area (Å²) in [5, 5.41) is 4.17. The van der Waals surface area contributed by atoms with Crippen molar-refractivity contribution in [1.29, 1.82) is 0 Å². The molecule has 2 aromatic rings. The second-order valence-corrected chi connectivity index (χ2v) is 6.77. The molecule has 12 heteroatoms. The maximum atomic E-state index is 13.1. The minimum Gasteiger partial charge on any atom is -0.432 e. The van der Waals surface area contributed by atoms with Gasteiger partial charge in [0.15, 0.2) is 5.75 Å². The van der Waals surface area contributed by atoms with E-state index in [1.807, 2.05) is 0 Å². The van der Waals surface area contributed by atoms with Crippen LogP contribution in [0.1, 0.15) is 26.3 Å². The van der Waals surface area contributed by atoms with Gasteiger partial charge in [0, 0.05) is 12.7 Å². The lowest BCUT2D eigenvalue weighted by atomic mass is 9.85. The van der Waals surface area contributed by atoms with Crippen LogP contribution in [0.2, 0.25) is 5.02 Å². The van der Waals surface area contributed by atoms with Crippen LogP contribution in [0.5, 0.6) is 5.75 Å². The molecule has 0 aromatic carbocycles. The third kappa shape index (κ3) is 6.23. The molecule has 0 bridgehead atoms. The highest BCUT2D eigenvalue weighted by molar-refractivity contribution is 6.33. The highest BCUT2D eigenvalue weighted by atomic mass is 35.5. The molecule has 0 atom stereocenters. The number of halogens is 6. The Kier molecular flexibility index (Phi) is 8.28. The second kappa shape index (κ2) is 9.80. The van der Waals surface area contributed by atoms with Crippen LogP contribution in [0.15, 0.2) is 18.5 Å². The van der Waals surface area contributed by atoms with Gasteiger partial charge in [0.05, 0.1) is 16.6 Å². The summed E-state index contributed by atoms with van der Waals surface area (Å²) in [7, 11) is 0. The van der Waals surface area contributed by atoms with Crippen LogP contribution in [0, 0.1) is 5.41 Å². The monoisotopic (exact) mass is 441 g/mol. The van der Waals surface area contributed by atoms with Crippen LogP contribution in [0.4, 0.5) is 22.0 Å². The maximum absolute atomic E-state index is 13.1. The average Bonchev–Trinajstić information content (AvgIpc) is 2.94. The molecular weight excluding hydrogens is 425 g/mol. The third-order valence-electron chi connectivity index (χ3n) is 3.86. The Bertz CT molecular complexity index is 862. The highest BCUT2D eigenvalue weighted by Gasteiger charge is 2.47. The predicted molar refractivity (Wildman–Crippen MR) is 91.3 cm³/mol. The lowest BCUT2D eigenvalue weighted by Gasteiger charge is -2.27. The van der Waals surface area contributed by atoms with Gasteiger partial charge in [0.2, 0.25) is 0 Å². The quantitative estimate of drug-likeness (QED) is 0.604. The Morgan fingerprint density at radius 3 is 2.31 bits per heavy atom. The fourth-order valence-electron chi connectivity index (χ4n) is 2.39. The number of ether oxygens (including phenoxy) is 1. The first-order valence-electron chi connectivity index (χ1n) is 8.09. The molecule has 0 fully saturated rings. The number of carbonyl (C=O) groups excluding carboxylic acids is 2. The van der Waals surface area contributed by atoms with E-state index in [1.165, 1.54) is 17.1 Å². The minimum atomic E-state index is -4.46. The number of hydrogen-bond acceptors (Lipinski definition) is 5. The first-order valence-corrected chi connectivity index (χ1v) is 8.47. The summed E-state index contributed by atoms with van der Waals surface area (Å²) in [5.41, 5.74) is -1.69. The van der Waals surface area contributed by atoms with Crippen molar-refractivity contribution >= 4 is 17.8 Å². The second-order valence-electron chi connectivity index (χ2n) is 6.37. The molecule has 0 aliphatic heterocycles. The van der Waals surface area contributed by atoms with Crippen LogP contribution in [0.3, 0.4) is 0 Å². The van der Waals surface area contributed by atoms with Crippen LogP contribution >= 0.6 is 11.6 Å². The molecule has 0 aliphatic rings. The van der Waals surface area contributed by atoms with Crippen molar-refractivity contribution in [2.75, 3.05) is 0 Å². The molecule has 0 spiro atoms. The van der Waals surface area contributed by atoms with E-state index >= 15 is 0 Å². The van der Waals surface area contributed by atoms with Gasteiger partial charge in [-0.3, -0.25) is 9.67 Å². The minimum absolute atomic E-state index is 0.0109. The number of hydrogen-bond donors (Lipinski definition) is 0. The summed E-state index contributed by atoms with van der Waals surface area (Å²) in [6.07, 6.45) is -2.12. The van der Waals surface area contributed by atoms with Crippen LogP contribution in [-0.4, -0.2) is 33.7 Å². The van der Waals surface area contributed by atoms with Gasteiger partial charge in [-0.2, -0.15) is 36.6 Å². The van der Waals surface area contributed by atoms with Crippen molar-refractivity contribution in [3.63, 3.8) is 0 Å². The molecule has 160 valence electrons. The third-order valence-corrected chi connectivity index (χ3v) is 4.13. The van der Waals surface area contributed by atoms with Crippen LogP contribution in [-0.2, 0) is 22.6 Å². The molecule has 0 radical (unpaired) electrons. The van der Waals surface area contributed by atoms with E-state index < -0.39 is 24.6 Å². The van der Waals surface area contributed by atoms with Gasteiger partial charge in [-0.05, 0) is 25.0 Å². The molecule has 2 rings (SSSR count). The molecule has 2 aromatic heterocycles. The number of aryl methyl sites for hydroxylation is 1. The summed E-state index contributed by atoms with van der Waals surface area (Å²) in [4.78, 5) is 20.3. The maximum Gasteiger partial charge on any atom is 0.394 e. The van der Waals surface area contributed by atoms with Crippen molar-refractivity contribution in [2.24, 2.45) is 5.41 Å². The molecule has 2 heterocycles. The lowest BCUT2D eigenvalue weighted by molar-refractivity contribution is -0.211. The molecule has 29 heavy (non-hydrogen) atoms. The Morgan fingerprint density at radius 1 is 1.24 bits per heavy atom. The average molecular weight is 442 g/mol. The van der Waals surface area contributed by atoms with Crippen molar-refractivity contribution in [3.8, 4) is 17.1 Å². The summed E-state index contributed by atoms with van der Waals surface area (Å²) in [6, 6.07) is 1.13.